The molecule has 0 unspecified atom stereocenters. The summed E-state index contributed by atoms with van der Waals surface area (Å²) in [6.45, 7) is 0. The van der Waals surface area contributed by atoms with Crippen LogP contribution in [0.3, 0.4) is 0 Å². The monoisotopic (exact) mass is 196 g/mol. The van der Waals surface area contributed by atoms with Crippen LogP contribution >= 0.6 is 0 Å². The molecule has 6 heteroatoms. The standard InChI is InChI=1S/C8H9BO5/c1-14-8(11)5-2-3-6(9(12)13)7(10)4-5/h2-4,10,12-13H,1H3. The maximum Gasteiger partial charge on any atom is 0.492 e. The largest absolute Gasteiger partial charge is 0.508 e. The molecule has 0 aliphatic rings. The SMILES string of the molecule is COC(=O)c1ccc(B(O)O)c(O)c1. The van der Waals surface area contributed by atoms with Crippen LogP contribution in [0, 0.1) is 0 Å². The van der Waals surface area contributed by atoms with Gasteiger partial charge < -0.3 is 19.9 Å². The summed E-state index contributed by atoms with van der Waals surface area (Å²) in [6, 6.07) is 3.69. The first-order valence-electron chi connectivity index (χ1n) is 3.83. The molecular formula is C8H9BO5. The van der Waals surface area contributed by atoms with Crippen molar-refractivity contribution in [1.82, 2.24) is 0 Å². The Hall–Kier alpha value is -1.53. The van der Waals surface area contributed by atoms with E-state index in [4.69, 9.17) is 10.0 Å². The molecule has 0 amide bonds. The zero-order chi connectivity index (χ0) is 10.7. The second kappa shape index (κ2) is 4.12. The number of aromatic hydroxyl groups is 1. The lowest BCUT2D eigenvalue weighted by Crippen LogP contribution is -2.30. The van der Waals surface area contributed by atoms with Gasteiger partial charge in [-0.2, -0.15) is 0 Å². The third-order valence-corrected chi connectivity index (χ3v) is 1.73. The third kappa shape index (κ3) is 2.04. The minimum absolute atomic E-state index is 0.0577. The molecule has 0 saturated heterocycles. The first-order chi connectivity index (χ1) is 6.56. The Morgan fingerprint density at radius 2 is 2.07 bits per heavy atom. The quantitative estimate of drug-likeness (QED) is 0.411. The highest BCUT2D eigenvalue weighted by Crippen LogP contribution is 2.10. The predicted octanol–water partition coefficient (Wildman–Crippen LogP) is -1.14. The van der Waals surface area contributed by atoms with Gasteiger partial charge in [0, 0.05) is 5.46 Å². The summed E-state index contributed by atoms with van der Waals surface area (Å²) < 4.78 is 4.42. The molecule has 1 rings (SSSR count). The molecule has 0 radical (unpaired) electrons. The Kier molecular flexibility index (Phi) is 3.11. The smallest absolute Gasteiger partial charge is 0.492 e. The van der Waals surface area contributed by atoms with Gasteiger partial charge in [0.05, 0.1) is 12.7 Å². The van der Waals surface area contributed by atoms with Crippen LogP contribution in [0.4, 0.5) is 0 Å². The van der Waals surface area contributed by atoms with E-state index in [-0.39, 0.29) is 16.8 Å². The van der Waals surface area contributed by atoms with E-state index in [1.54, 1.807) is 0 Å². The molecule has 0 atom stereocenters. The Labute approximate surface area is 80.7 Å². The molecule has 0 saturated carbocycles. The fraction of sp³-hybridized carbons (Fsp3) is 0.125. The third-order valence-electron chi connectivity index (χ3n) is 1.73. The van der Waals surface area contributed by atoms with E-state index in [0.717, 1.165) is 6.07 Å². The molecule has 14 heavy (non-hydrogen) atoms. The molecule has 0 aliphatic carbocycles. The number of hydrogen-bond donors (Lipinski definition) is 3. The highest BCUT2D eigenvalue weighted by molar-refractivity contribution is 6.59. The molecule has 1 aromatic rings. The molecule has 1 aromatic carbocycles. The van der Waals surface area contributed by atoms with E-state index < -0.39 is 13.1 Å². The van der Waals surface area contributed by atoms with Gasteiger partial charge >= 0.3 is 13.1 Å². The lowest BCUT2D eigenvalue weighted by Gasteiger charge is -2.04. The van der Waals surface area contributed by atoms with Crippen molar-refractivity contribution in [3.8, 4) is 5.75 Å². The lowest BCUT2D eigenvalue weighted by molar-refractivity contribution is 0.0600. The van der Waals surface area contributed by atoms with Crippen LogP contribution in [-0.2, 0) is 4.74 Å². The minimum Gasteiger partial charge on any atom is -0.508 e. The van der Waals surface area contributed by atoms with E-state index in [0.29, 0.717) is 0 Å². The summed E-state index contributed by atoms with van der Waals surface area (Å²) in [6.07, 6.45) is 0. The number of hydrogen-bond acceptors (Lipinski definition) is 5. The summed E-state index contributed by atoms with van der Waals surface area (Å²) in [4.78, 5) is 11.0. The fourth-order valence-corrected chi connectivity index (χ4v) is 1.01. The number of ether oxygens (including phenoxy) is 1. The second-order valence-corrected chi connectivity index (χ2v) is 2.64. The van der Waals surface area contributed by atoms with E-state index >= 15 is 0 Å². The summed E-state index contributed by atoms with van der Waals surface area (Å²) in [7, 11) is -0.546. The molecular weight excluding hydrogens is 187 g/mol. The van der Waals surface area contributed by atoms with Gasteiger partial charge in [-0.15, -0.1) is 0 Å². The van der Waals surface area contributed by atoms with Gasteiger partial charge in [-0.05, 0) is 12.1 Å². The molecule has 0 fully saturated rings. The average molecular weight is 196 g/mol. The van der Waals surface area contributed by atoms with Crippen molar-refractivity contribution in [3.05, 3.63) is 23.8 Å². The van der Waals surface area contributed by atoms with Crippen LogP contribution in [-0.4, -0.2) is 35.4 Å². The molecule has 0 aromatic heterocycles. The van der Waals surface area contributed by atoms with Gasteiger partial charge in [0.15, 0.2) is 0 Å². The summed E-state index contributed by atoms with van der Waals surface area (Å²) in [5, 5.41) is 26.8. The van der Waals surface area contributed by atoms with Gasteiger partial charge in [-0.3, -0.25) is 0 Å². The van der Waals surface area contributed by atoms with Gasteiger partial charge in [0.25, 0.3) is 0 Å². The van der Waals surface area contributed by atoms with Crippen molar-refractivity contribution in [1.29, 1.82) is 0 Å². The second-order valence-electron chi connectivity index (χ2n) is 2.64. The zero-order valence-corrected chi connectivity index (χ0v) is 7.47. The number of esters is 1. The number of carbonyl (C=O) groups is 1. The molecule has 0 spiro atoms. The maximum atomic E-state index is 11.0. The molecule has 0 heterocycles. The fourth-order valence-electron chi connectivity index (χ4n) is 1.01. The van der Waals surface area contributed by atoms with Crippen molar-refractivity contribution >= 4 is 18.6 Å². The van der Waals surface area contributed by atoms with E-state index in [9.17, 15) is 9.90 Å². The van der Waals surface area contributed by atoms with E-state index in [2.05, 4.69) is 4.74 Å². The first-order valence-corrected chi connectivity index (χ1v) is 3.83. The summed E-state index contributed by atoms with van der Waals surface area (Å²) in [5.41, 5.74) is 0.0899. The van der Waals surface area contributed by atoms with Crippen molar-refractivity contribution in [2.45, 2.75) is 0 Å². The number of methoxy groups -OCH3 is 1. The minimum atomic E-state index is -1.76. The number of rotatable bonds is 2. The molecule has 0 bridgehead atoms. The Morgan fingerprint density at radius 3 is 2.50 bits per heavy atom. The highest BCUT2D eigenvalue weighted by atomic mass is 16.5. The number of carbonyl (C=O) groups excluding carboxylic acids is 1. The van der Waals surface area contributed by atoms with Gasteiger partial charge in [-0.1, -0.05) is 6.07 Å². The molecule has 5 nitrogen and oxygen atoms in total. The molecule has 0 aliphatic heterocycles. The topological polar surface area (TPSA) is 87.0 Å². The normalized spacial score (nSPS) is 9.64. The van der Waals surface area contributed by atoms with E-state index in [1.807, 2.05) is 0 Å². The van der Waals surface area contributed by atoms with Crippen LogP contribution in [0.25, 0.3) is 0 Å². The van der Waals surface area contributed by atoms with Crippen LogP contribution in [0.5, 0.6) is 5.75 Å². The highest BCUT2D eigenvalue weighted by Gasteiger charge is 2.17. The van der Waals surface area contributed by atoms with Crippen LogP contribution in [0.15, 0.2) is 18.2 Å². The van der Waals surface area contributed by atoms with Gasteiger partial charge in [-0.25, -0.2) is 4.79 Å². The van der Waals surface area contributed by atoms with Gasteiger partial charge in [0.1, 0.15) is 5.75 Å². The molecule has 3 N–H and O–H groups in total. The predicted molar refractivity (Wildman–Crippen MR) is 49.3 cm³/mol. The Morgan fingerprint density at radius 1 is 1.43 bits per heavy atom. The lowest BCUT2D eigenvalue weighted by atomic mass is 9.79. The zero-order valence-electron chi connectivity index (χ0n) is 7.47. The van der Waals surface area contributed by atoms with Crippen molar-refractivity contribution in [2.24, 2.45) is 0 Å². The maximum absolute atomic E-state index is 11.0. The summed E-state index contributed by atoms with van der Waals surface area (Å²) in [5.74, 6) is -0.956. The number of phenols is 1. The van der Waals surface area contributed by atoms with Crippen LogP contribution < -0.4 is 5.46 Å². The Balaban J connectivity index is 3.06. The first kappa shape index (κ1) is 10.6. The number of phenolic OH excluding ortho intramolecular Hbond substituents is 1. The van der Waals surface area contributed by atoms with E-state index in [1.165, 1.54) is 19.2 Å². The van der Waals surface area contributed by atoms with Crippen LogP contribution in [0.1, 0.15) is 10.4 Å². The average Bonchev–Trinajstić information content (AvgIpc) is 2.15. The number of benzene rings is 1. The Bertz CT molecular complexity index is 350. The van der Waals surface area contributed by atoms with Crippen molar-refractivity contribution < 1.29 is 24.7 Å². The van der Waals surface area contributed by atoms with Gasteiger partial charge in [0.2, 0.25) is 0 Å². The van der Waals surface area contributed by atoms with Crippen LogP contribution in [0.2, 0.25) is 0 Å². The van der Waals surface area contributed by atoms with Crippen molar-refractivity contribution in [3.63, 3.8) is 0 Å². The van der Waals surface area contributed by atoms with Crippen molar-refractivity contribution in [2.75, 3.05) is 7.11 Å². The molecule has 74 valence electrons. The summed E-state index contributed by atoms with van der Waals surface area (Å²) >= 11 is 0.